The number of nitrogens with one attached hydrogen (secondary N) is 1. The minimum absolute atomic E-state index is 0.0839. The van der Waals surface area contributed by atoms with E-state index in [4.69, 9.17) is 16.2 Å². The van der Waals surface area contributed by atoms with Crippen LogP contribution in [0.1, 0.15) is 19.8 Å². The number of hydrogen-bond acceptors (Lipinski definition) is 7. The van der Waals surface area contributed by atoms with Crippen molar-refractivity contribution in [1.29, 1.82) is 0 Å². The second-order valence-corrected chi connectivity index (χ2v) is 8.74. The van der Waals surface area contributed by atoms with Crippen molar-refractivity contribution in [2.75, 3.05) is 50.4 Å². The van der Waals surface area contributed by atoms with Crippen LogP contribution in [0.2, 0.25) is 0 Å². The van der Waals surface area contributed by atoms with Gasteiger partial charge in [0.1, 0.15) is 0 Å². The van der Waals surface area contributed by atoms with Gasteiger partial charge in [-0.15, -0.1) is 0 Å². The Morgan fingerprint density at radius 2 is 2.00 bits per heavy atom. The lowest BCUT2D eigenvalue weighted by Crippen LogP contribution is -2.48. The van der Waals surface area contributed by atoms with Crippen LogP contribution in [0.15, 0.2) is 35.7 Å². The van der Waals surface area contributed by atoms with Gasteiger partial charge >= 0.3 is 0 Å². The highest BCUT2D eigenvalue weighted by Crippen LogP contribution is 2.45. The van der Waals surface area contributed by atoms with E-state index in [-0.39, 0.29) is 17.7 Å². The maximum atomic E-state index is 13.1. The third-order valence-corrected chi connectivity index (χ3v) is 6.09. The van der Waals surface area contributed by atoms with Gasteiger partial charge in [0, 0.05) is 60.8 Å². The van der Waals surface area contributed by atoms with E-state index in [0.29, 0.717) is 49.9 Å². The molecule has 1 unspecified atom stereocenters. The maximum Gasteiger partial charge on any atom is 0.292 e. The maximum absolute atomic E-state index is 13.1. The fourth-order valence-electron chi connectivity index (χ4n) is 3.16. The van der Waals surface area contributed by atoms with Crippen molar-refractivity contribution in [3.63, 3.8) is 0 Å². The van der Waals surface area contributed by atoms with Gasteiger partial charge < -0.3 is 31.0 Å². The van der Waals surface area contributed by atoms with Crippen LogP contribution >= 0.6 is 0 Å². The number of piperazine rings is 1. The van der Waals surface area contributed by atoms with E-state index in [1.807, 2.05) is 4.90 Å². The molecule has 1 aromatic carbocycles. The Morgan fingerprint density at radius 1 is 1.31 bits per heavy atom. The van der Waals surface area contributed by atoms with Gasteiger partial charge in [-0.3, -0.25) is 9.00 Å². The van der Waals surface area contributed by atoms with Crippen LogP contribution in [0.25, 0.3) is 0 Å². The minimum atomic E-state index is -2.25. The molecule has 9 nitrogen and oxygen atoms in total. The van der Waals surface area contributed by atoms with Crippen LogP contribution in [-0.4, -0.2) is 63.2 Å². The van der Waals surface area contributed by atoms with Gasteiger partial charge in [-0.25, -0.2) is 4.31 Å². The summed E-state index contributed by atoms with van der Waals surface area (Å²) in [6.07, 6.45) is 2.12. The van der Waals surface area contributed by atoms with Gasteiger partial charge in [-0.05, 0) is 31.0 Å². The van der Waals surface area contributed by atoms with E-state index >= 15 is 0 Å². The highest BCUT2D eigenvalue weighted by molar-refractivity contribution is 7.76. The van der Waals surface area contributed by atoms with Crippen LogP contribution in [0.5, 0.6) is 0 Å². The minimum Gasteiger partial charge on any atom is -0.760 e. The summed E-state index contributed by atoms with van der Waals surface area (Å²) in [5, 5.41) is 2.83. The Balaban J connectivity index is 1.81. The zero-order chi connectivity index (χ0) is 21.0. The standard InChI is InChI=1S/C19H29N5O4S/c1-19(5-6-19)13-28-17(18(25)22-15-4-2-3-14(21)11-15)16(12-20)23-7-9-24(10-8-23)29(26)27/h2-4,11H,5-10,12-13,20-21H2,1H3,(H,22,25)(H,26,27)/p-1/b17-16-. The molecular weight excluding hydrogens is 394 g/mol. The summed E-state index contributed by atoms with van der Waals surface area (Å²) in [6, 6.07) is 6.91. The molecule has 1 aromatic rings. The van der Waals surface area contributed by atoms with Crippen molar-refractivity contribution in [2.24, 2.45) is 11.1 Å². The molecule has 10 heteroatoms. The van der Waals surface area contributed by atoms with Gasteiger partial charge in [0.2, 0.25) is 5.76 Å². The number of hydrogen-bond donors (Lipinski definition) is 3. The summed E-state index contributed by atoms with van der Waals surface area (Å²) in [6.45, 7) is 4.21. The number of carbonyl (C=O) groups excluding carboxylic acids is 1. The predicted molar refractivity (Wildman–Crippen MR) is 111 cm³/mol. The van der Waals surface area contributed by atoms with Crippen molar-refractivity contribution in [1.82, 2.24) is 9.21 Å². The van der Waals surface area contributed by atoms with Crippen LogP contribution in [-0.2, 0) is 20.8 Å². The van der Waals surface area contributed by atoms with E-state index in [9.17, 15) is 13.6 Å². The Hall–Kier alpha value is -2.14. The second kappa shape index (κ2) is 9.12. The van der Waals surface area contributed by atoms with Crippen molar-refractivity contribution < 1.29 is 18.3 Å². The number of nitrogens with two attached hydrogens (primary N) is 2. The Kier molecular flexibility index (Phi) is 6.78. The molecule has 1 amide bonds. The molecule has 1 aliphatic carbocycles. The molecule has 3 rings (SSSR count). The van der Waals surface area contributed by atoms with Crippen LogP contribution in [0.3, 0.4) is 0 Å². The van der Waals surface area contributed by atoms with Gasteiger partial charge in [-0.2, -0.15) is 0 Å². The number of anilines is 2. The van der Waals surface area contributed by atoms with Crippen LogP contribution in [0, 0.1) is 5.41 Å². The Morgan fingerprint density at radius 3 is 2.55 bits per heavy atom. The average molecular weight is 423 g/mol. The summed E-state index contributed by atoms with van der Waals surface area (Å²) in [7, 11) is 0. The third kappa shape index (κ3) is 5.69. The van der Waals surface area contributed by atoms with Gasteiger partial charge in [-0.1, -0.05) is 13.0 Å². The van der Waals surface area contributed by atoms with Crippen LogP contribution < -0.4 is 16.8 Å². The Bertz CT molecular complexity index is 804. The first kappa shape index (κ1) is 21.6. The fraction of sp³-hybridized carbons (Fsp3) is 0.526. The number of benzene rings is 1. The summed E-state index contributed by atoms with van der Waals surface area (Å²) in [5.74, 6) is -0.213. The lowest BCUT2D eigenvalue weighted by molar-refractivity contribution is -0.116. The zero-order valence-corrected chi connectivity index (χ0v) is 17.4. The molecule has 160 valence electrons. The lowest BCUT2D eigenvalue weighted by Gasteiger charge is -2.38. The fourth-order valence-corrected chi connectivity index (χ4v) is 3.62. The summed E-state index contributed by atoms with van der Waals surface area (Å²) in [4.78, 5) is 15.0. The van der Waals surface area contributed by atoms with E-state index in [2.05, 4.69) is 12.2 Å². The van der Waals surface area contributed by atoms with Gasteiger partial charge in [0.15, 0.2) is 0 Å². The van der Waals surface area contributed by atoms with Crippen molar-refractivity contribution in [2.45, 2.75) is 19.8 Å². The van der Waals surface area contributed by atoms with Crippen molar-refractivity contribution in [3.8, 4) is 0 Å². The number of carbonyl (C=O) groups is 1. The SMILES string of the molecule is CC1(CO/C(C(=O)Nc2cccc(N)c2)=C(/CN)N2CCN(S(=O)[O-])CC2)CC1. The number of ether oxygens (including phenoxy) is 1. The highest BCUT2D eigenvalue weighted by atomic mass is 32.2. The molecule has 0 radical (unpaired) electrons. The molecule has 1 atom stereocenters. The first-order valence-electron chi connectivity index (χ1n) is 9.63. The van der Waals surface area contributed by atoms with Gasteiger partial charge in [0.05, 0.1) is 12.3 Å². The van der Waals surface area contributed by atoms with E-state index < -0.39 is 17.2 Å². The van der Waals surface area contributed by atoms with Crippen molar-refractivity contribution in [3.05, 3.63) is 35.7 Å². The molecule has 0 spiro atoms. The lowest BCUT2D eigenvalue weighted by atomic mass is 10.1. The largest absolute Gasteiger partial charge is 0.760 e. The highest BCUT2D eigenvalue weighted by Gasteiger charge is 2.39. The smallest absolute Gasteiger partial charge is 0.292 e. The van der Waals surface area contributed by atoms with Crippen LogP contribution in [0.4, 0.5) is 11.4 Å². The molecule has 5 N–H and O–H groups in total. The first-order chi connectivity index (χ1) is 13.8. The number of nitrogens with zero attached hydrogens (tertiary/aromatic N) is 2. The van der Waals surface area contributed by atoms with E-state index in [1.54, 1.807) is 24.3 Å². The molecule has 29 heavy (non-hydrogen) atoms. The summed E-state index contributed by atoms with van der Waals surface area (Å²) < 4.78 is 29.7. The van der Waals surface area contributed by atoms with Crippen molar-refractivity contribution >= 4 is 28.5 Å². The van der Waals surface area contributed by atoms with Gasteiger partial charge in [0.25, 0.3) is 5.91 Å². The van der Waals surface area contributed by atoms with E-state index in [1.165, 1.54) is 4.31 Å². The molecule has 1 saturated heterocycles. The molecule has 1 heterocycles. The van der Waals surface area contributed by atoms with E-state index in [0.717, 1.165) is 12.8 Å². The predicted octanol–water partition coefficient (Wildman–Crippen LogP) is 0.606. The molecule has 0 aromatic heterocycles. The first-order valence-corrected chi connectivity index (χ1v) is 10.7. The Labute approximate surface area is 173 Å². The number of rotatable bonds is 8. The molecule has 2 fully saturated rings. The zero-order valence-electron chi connectivity index (χ0n) is 16.6. The second-order valence-electron chi connectivity index (χ2n) is 7.79. The average Bonchev–Trinajstić information content (AvgIpc) is 3.42. The molecule has 1 saturated carbocycles. The summed E-state index contributed by atoms with van der Waals surface area (Å²) in [5.41, 5.74) is 13.6. The number of nitrogen functional groups attached to an aromatic ring is 1. The third-order valence-electron chi connectivity index (χ3n) is 5.31. The summed E-state index contributed by atoms with van der Waals surface area (Å²) >= 11 is -2.25. The molecule has 1 aliphatic heterocycles. The quantitative estimate of drug-likeness (QED) is 0.241. The topological polar surface area (TPSA) is 137 Å². The molecule has 0 bridgehead atoms. The number of amides is 1. The molecule has 2 aliphatic rings. The molecular formula is C19H28N5O4S-. The normalized spacial score (nSPS) is 20.6. The monoisotopic (exact) mass is 422 g/mol.